The number of benzene rings is 1. The molecular weight excluding hydrogens is 257 g/mol. The van der Waals surface area contributed by atoms with Crippen LogP contribution in [0.1, 0.15) is 12.0 Å². The molecule has 6 heteroatoms. The summed E-state index contributed by atoms with van der Waals surface area (Å²) in [5.41, 5.74) is 4.44. The van der Waals surface area contributed by atoms with Crippen LogP contribution in [-0.2, 0) is 0 Å². The van der Waals surface area contributed by atoms with E-state index in [0.29, 0.717) is 10.0 Å². The Morgan fingerprint density at radius 1 is 1.53 bits per heavy atom. The van der Waals surface area contributed by atoms with Gasteiger partial charge in [0.25, 0.3) is 0 Å². The van der Waals surface area contributed by atoms with E-state index >= 15 is 0 Å². The molecule has 0 aromatic heterocycles. The number of thioether (sulfide) groups is 1. The van der Waals surface area contributed by atoms with E-state index in [1.54, 1.807) is 13.1 Å². The van der Waals surface area contributed by atoms with Gasteiger partial charge < -0.3 is 5.32 Å². The van der Waals surface area contributed by atoms with Crippen molar-refractivity contribution in [2.24, 2.45) is 5.10 Å². The first-order valence-corrected chi connectivity index (χ1v) is 6.57. The summed E-state index contributed by atoms with van der Waals surface area (Å²) in [6.07, 6.45) is 0.806. The van der Waals surface area contributed by atoms with E-state index in [4.69, 9.17) is 12.2 Å². The molecule has 2 N–H and O–H groups in total. The number of nitrogens with one attached hydrogen (secondary N) is 2. The lowest BCUT2D eigenvalue weighted by molar-refractivity contribution is 0.600. The normalized spacial score (nSPS) is 16.5. The second-order valence-electron chi connectivity index (χ2n) is 3.46. The molecule has 90 valence electrons. The molecule has 1 heterocycles. The van der Waals surface area contributed by atoms with Gasteiger partial charge in [-0.25, -0.2) is 4.39 Å². The number of thiocarbonyl (C=S) groups is 1. The van der Waals surface area contributed by atoms with Crippen LogP contribution in [0.25, 0.3) is 0 Å². The maximum absolute atomic E-state index is 13.6. The summed E-state index contributed by atoms with van der Waals surface area (Å²) in [6, 6.07) is 5.06. The summed E-state index contributed by atoms with van der Waals surface area (Å²) in [6.45, 7) is 0. The summed E-state index contributed by atoms with van der Waals surface area (Å²) < 4.78 is 13.6. The topological polar surface area (TPSA) is 36.4 Å². The highest BCUT2D eigenvalue weighted by molar-refractivity contribution is 7.99. The maximum atomic E-state index is 13.6. The van der Waals surface area contributed by atoms with Gasteiger partial charge in [-0.15, -0.1) is 11.8 Å². The van der Waals surface area contributed by atoms with Gasteiger partial charge in [0.1, 0.15) is 5.82 Å². The van der Waals surface area contributed by atoms with Crippen LogP contribution in [0.5, 0.6) is 0 Å². The van der Waals surface area contributed by atoms with Crippen molar-refractivity contribution < 1.29 is 4.39 Å². The van der Waals surface area contributed by atoms with Gasteiger partial charge in [-0.1, -0.05) is 12.1 Å². The molecule has 0 radical (unpaired) electrons. The van der Waals surface area contributed by atoms with Gasteiger partial charge in [0.05, 0.1) is 10.6 Å². The average Bonchev–Trinajstić information content (AvgIpc) is 2.36. The Bertz CT molecular complexity index is 474. The average molecular weight is 269 g/mol. The monoisotopic (exact) mass is 269 g/mol. The molecule has 1 aromatic carbocycles. The van der Waals surface area contributed by atoms with Crippen molar-refractivity contribution in [3.8, 4) is 0 Å². The Morgan fingerprint density at radius 3 is 3.12 bits per heavy atom. The highest BCUT2D eigenvalue weighted by Gasteiger charge is 2.19. The van der Waals surface area contributed by atoms with E-state index in [-0.39, 0.29) is 5.82 Å². The number of hydrogen-bond donors (Lipinski definition) is 2. The van der Waals surface area contributed by atoms with Crippen molar-refractivity contribution >= 4 is 34.8 Å². The minimum atomic E-state index is -0.184. The number of hydrogen-bond acceptors (Lipinski definition) is 3. The van der Waals surface area contributed by atoms with E-state index in [0.717, 1.165) is 23.4 Å². The van der Waals surface area contributed by atoms with Crippen LogP contribution in [0.2, 0.25) is 0 Å². The fourth-order valence-corrected chi connectivity index (χ4v) is 2.65. The summed E-state index contributed by atoms with van der Waals surface area (Å²) in [5.74, 6) is 0.650. The van der Waals surface area contributed by atoms with Crippen LogP contribution in [-0.4, -0.2) is 23.6 Å². The summed E-state index contributed by atoms with van der Waals surface area (Å²) in [7, 11) is 1.72. The van der Waals surface area contributed by atoms with Crippen LogP contribution >= 0.6 is 24.0 Å². The van der Waals surface area contributed by atoms with Gasteiger partial charge in [0.2, 0.25) is 0 Å². The molecule has 1 aliphatic rings. The lowest BCUT2D eigenvalue weighted by atomic mass is 10.1. The van der Waals surface area contributed by atoms with E-state index in [9.17, 15) is 4.39 Å². The van der Waals surface area contributed by atoms with Crippen molar-refractivity contribution in [1.29, 1.82) is 0 Å². The molecule has 0 amide bonds. The van der Waals surface area contributed by atoms with E-state index in [2.05, 4.69) is 15.8 Å². The molecule has 0 aliphatic carbocycles. The van der Waals surface area contributed by atoms with Crippen LogP contribution in [0, 0.1) is 5.82 Å². The Balaban J connectivity index is 2.29. The number of rotatable bonds is 1. The van der Waals surface area contributed by atoms with Gasteiger partial charge in [0, 0.05) is 24.8 Å². The number of nitrogens with zero attached hydrogens (tertiary/aromatic N) is 1. The lowest BCUT2D eigenvalue weighted by Crippen LogP contribution is -2.30. The zero-order chi connectivity index (χ0) is 12.3. The Morgan fingerprint density at radius 2 is 2.35 bits per heavy atom. The summed E-state index contributed by atoms with van der Waals surface area (Å²) in [4.78, 5) is 0.676. The molecule has 0 atom stereocenters. The standard InChI is InChI=1S/C11H12FN3S2/c1-13-11(16)15-14-9-5-6-17-10-7(9)3-2-4-8(10)12/h2-4H,5-6H2,1H3,(H2,13,15,16). The molecule has 0 fully saturated rings. The van der Waals surface area contributed by atoms with Gasteiger partial charge in [-0.05, 0) is 18.3 Å². The SMILES string of the molecule is CNC(=S)NN=C1CCSc2c(F)cccc21. The predicted molar refractivity (Wildman–Crippen MR) is 73.1 cm³/mol. The van der Waals surface area contributed by atoms with Gasteiger partial charge >= 0.3 is 0 Å². The van der Waals surface area contributed by atoms with Crippen LogP contribution < -0.4 is 10.7 Å². The Labute approximate surface area is 109 Å². The lowest BCUT2D eigenvalue weighted by Gasteiger charge is -2.17. The van der Waals surface area contributed by atoms with Gasteiger partial charge in [-0.2, -0.15) is 5.10 Å². The van der Waals surface area contributed by atoms with Crippen molar-refractivity contribution in [1.82, 2.24) is 10.7 Å². The third-order valence-corrected chi connectivity index (χ3v) is 3.79. The molecule has 0 saturated carbocycles. The molecule has 1 aromatic rings. The largest absolute Gasteiger partial charge is 0.364 e. The Kier molecular flexibility index (Phi) is 3.96. The molecule has 2 rings (SSSR count). The summed E-state index contributed by atoms with van der Waals surface area (Å²) in [5, 5.41) is 7.45. The van der Waals surface area contributed by atoms with Gasteiger partial charge in [-0.3, -0.25) is 5.43 Å². The minimum absolute atomic E-state index is 0.184. The second-order valence-corrected chi connectivity index (χ2v) is 4.98. The molecule has 0 bridgehead atoms. The predicted octanol–water partition coefficient (Wildman–Crippen LogP) is 2.12. The Hall–Kier alpha value is -1.14. The van der Waals surface area contributed by atoms with Crippen LogP contribution in [0.4, 0.5) is 4.39 Å². The first-order valence-electron chi connectivity index (χ1n) is 5.18. The molecular formula is C11H12FN3S2. The quantitative estimate of drug-likeness (QED) is 0.605. The zero-order valence-corrected chi connectivity index (χ0v) is 10.9. The fraction of sp³-hybridized carbons (Fsp3) is 0.273. The van der Waals surface area contributed by atoms with Gasteiger partial charge in [0.15, 0.2) is 5.11 Å². The molecule has 0 saturated heterocycles. The zero-order valence-electron chi connectivity index (χ0n) is 9.29. The molecule has 0 spiro atoms. The van der Waals surface area contributed by atoms with Crippen molar-refractivity contribution in [2.45, 2.75) is 11.3 Å². The van der Waals surface area contributed by atoms with E-state index in [1.807, 2.05) is 6.07 Å². The molecule has 0 unspecified atom stereocenters. The second kappa shape index (κ2) is 5.46. The highest BCUT2D eigenvalue weighted by Crippen LogP contribution is 2.32. The number of fused-ring (bicyclic) bond motifs is 1. The number of halogens is 1. The van der Waals surface area contributed by atoms with Crippen molar-refractivity contribution in [3.05, 3.63) is 29.6 Å². The maximum Gasteiger partial charge on any atom is 0.186 e. The van der Waals surface area contributed by atoms with E-state index in [1.165, 1.54) is 17.8 Å². The third kappa shape index (κ3) is 2.76. The molecule has 3 nitrogen and oxygen atoms in total. The van der Waals surface area contributed by atoms with Crippen LogP contribution in [0.3, 0.4) is 0 Å². The fourth-order valence-electron chi connectivity index (χ4n) is 1.56. The first kappa shape index (κ1) is 12.3. The highest BCUT2D eigenvalue weighted by atomic mass is 32.2. The van der Waals surface area contributed by atoms with Crippen molar-refractivity contribution in [3.63, 3.8) is 0 Å². The smallest absolute Gasteiger partial charge is 0.186 e. The third-order valence-electron chi connectivity index (χ3n) is 2.38. The first-order chi connectivity index (χ1) is 8.22. The number of hydrazone groups is 1. The molecule has 17 heavy (non-hydrogen) atoms. The summed E-state index contributed by atoms with van der Waals surface area (Å²) >= 11 is 6.47. The van der Waals surface area contributed by atoms with Crippen molar-refractivity contribution in [2.75, 3.05) is 12.8 Å². The van der Waals surface area contributed by atoms with Crippen LogP contribution in [0.15, 0.2) is 28.2 Å². The molecule has 1 aliphatic heterocycles. The minimum Gasteiger partial charge on any atom is -0.364 e. The van der Waals surface area contributed by atoms with E-state index < -0.39 is 0 Å².